The van der Waals surface area contributed by atoms with Gasteiger partial charge in [0.2, 0.25) is 0 Å². The Hall–Kier alpha value is -3.22. The predicted molar refractivity (Wildman–Crippen MR) is 111 cm³/mol. The number of hydrogen-bond donors (Lipinski definition) is 1. The number of amides is 1. The van der Waals surface area contributed by atoms with Gasteiger partial charge in [-0.2, -0.15) is 0 Å². The Morgan fingerprint density at radius 1 is 1.24 bits per heavy atom. The minimum atomic E-state index is -0.213. The average molecular weight is 391 g/mol. The summed E-state index contributed by atoms with van der Waals surface area (Å²) in [6.07, 6.45) is 2.20. The van der Waals surface area contributed by atoms with Crippen LogP contribution in [-0.2, 0) is 4.79 Å². The first kappa shape index (κ1) is 19.1. The number of benzene rings is 2. The lowest BCUT2D eigenvalue weighted by Gasteiger charge is -2.12. The van der Waals surface area contributed by atoms with Crippen molar-refractivity contribution in [3.05, 3.63) is 53.6 Å². The van der Waals surface area contributed by atoms with Crippen LogP contribution in [0.2, 0.25) is 0 Å². The fourth-order valence-electron chi connectivity index (χ4n) is 3.42. The van der Waals surface area contributed by atoms with E-state index in [-0.39, 0.29) is 12.5 Å². The van der Waals surface area contributed by atoms with E-state index in [0.29, 0.717) is 23.4 Å². The molecule has 150 valence electrons. The summed E-state index contributed by atoms with van der Waals surface area (Å²) in [7, 11) is 0. The number of anilines is 1. The fraction of sp³-hybridized carbons (Fsp3) is 0.364. The summed E-state index contributed by atoms with van der Waals surface area (Å²) in [5.74, 6) is 1.66. The third-order valence-corrected chi connectivity index (χ3v) is 5.02. The molecule has 0 unspecified atom stereocenters. The molecular weight excluding hydrogens is 366 g/mol. The smallest absolute Gasteiger partial charge is 0.262 e. The average Bonchev–Trinajstić information content (AvgIpc) is 3.42. The van der Waals surface area contributed by atoms with Crippen LogP contribution in [0.3, 0.4) is 0 Å². The molecule has 3 aromatic rings. The van der Waals surface area contributed by atoms with Gasteiger partial charge in [0.15, 0.2) is 12.4 Å². The predicted octanol–water partition coefficient (Wildman–Crippen LogP) is 4.12. The number of hydrogen-bond acceptors (Lipinski definition) is 5. The van der Waals surface area contributed by atoms with Crippen LogP contribution >= 0.6 is 0 Å². The van der Waals surface area contributed by atoms with Gasteiger partial charge in [0.05, 0.1) is 6.04 Å². The fourth-order valence-corrected chi connectivity index (χ4v) is 3.42. The van der Waals surface area contributed by atoms with E-state index in [4.69, 9.17) is 4.74 Å². The van der Waals surface area contributed by atoms with E-state index in [1.165, 1.54) is 11.1 Å². The summed E-state index contributed by atoms with van der Waals surface area (Å²) in [6, 6.07) is 13.9. The van der Waals surface area contributed by atoms with Crippen LogP contribution in [0.15, 0.2) is 42.5 Å². The molecule has 1 heterocycles. The van der Waals surface area contributed by atoms with Gasteiger partial charge in [-0.25, -0.2) is 4.68 Å². The maximum absolute atomic E-state index is 12.3. The van der Waals surface area contributed by atoms with E-state index < -0.39 is 0 Å². The second-order valence-electron chi connectivity index (χ2n) is 7.77. The Morgan fingerprint density at radius 3 is 2.79 bits per heavy atom. The van der Waals surface area contributed by atoms with Gasteiger partial charge < -0.3 is 10.1 Å². The molecule has 7 heteroatoms. The highest BCUT2D eigenvalue weighted by molar-refractivity contribution is 5.92. The lowest BCUT2D eigenvalue weighted by atomic mass is 9.98. The molecule has 0 radical (unpaired) electrons. The zero-order valence-electron chi connectivity index (χ0n) is 16.9. The normalized spacial score (nSPS) is 13.5. The van der Waals surface area contributed by atoms with Gasteiger partial charge in [-0.1, -0.05) is 32.0 Å². The van der Waals surface area contributed by atoms with Crippen molar-refractivity contribution < 1.29 is 9.53 Å². The number of aryl methyl sites for hydroxylation is 1. The monoisotopic (exact) mass is 391 g/mol. The molecule has 4 rings (SSSR count). The van der Waals surface area contributed by atoms with Crippen molar-refractivity contribution in [2.75, 3.05) is 11.9 Å². The van der Waals surface area contributed by atoms with E-state index in [9.17, 15) is 4.79 Å². The molecule has 1 aliphatic carbocycles. The van der Waals surface area contributed by atoms with Gasteiger partial charge in [-0.05, 0) is 71.5 Å². The van der Waals surface area contributed by atoms with E-state index in [1.807, 2.05) is 41.1 Å². The van der Waals surface area contributed by atoms with Crippen molar-refractivity contribution in [3.63, 3.8) is 0 Å². The zero-order chi connectivity index (χ0) is 20.4. The first-order chi connectivity index (χ1) is 14.0. The number of ether oxygens (including phenoxy) is 1. The van der Waals surface area contributed by atoms with E-state index in [1.54, 1.807) is 0 Å². The van der Waals surface area contributed by atoms with Crippen LogP contribution in [0.1, 0.15) is 49.8 Å². The lowest BCUT2D eigenvalue weighted by Crippen LogP contribution is -2.20. The third kappa shape index (κ3) is 4.45. The molecular formula is C22H25N5O2. The maximum Gasteiger partial charge on any atom is 0.262 e. The summed E-state index contributed by atoms with van der Waals surface area (Å²) in [5, 5.41) is 14.9. The molecule has 1 amide bonds. The number of nitrogens with one attached hydrogen (secondary N) is 1. The van der Waals surface area contributed by atoms with Crippen LogP contribution in [-0.4, -0.2) is 32.7 Å². The standard InChI is InChI=1S/C22H25N5O2/c1-14(2)20-10-9-19(11-15(20)3)29-13-21(28)23-17-6-4-5-16(12-17)22-24-25-26-27(22)18-7-8-18/h4-6,9-12,14,18H,7-8,13H2,1-3H3,(H,23,28). The van der Waals surface area contributed by atoms with Gasteiger partial charge in [0.1, 0.15) is 5.75 Å². The highest BCUT2D eigenvalue weighted by atomic mass is 16.5. The van der Waals surface area contributed by atoms with E-state index in [2.05, 4.69) is 47.7 Å². The summed E-state index contributed by atoms with van der Waals surface area (Å²) >= 11 is 0. The van der Waals surface area contributed by atoms with E-state index in [0.717, 1.165) is 24.2 Å². The minimum absolute atomic E-state index is 0.0511. The van der Waals surface area contributed by atoms with Crippen molar-refractivity contribution in [1.29, 1.82) is 0 Å². The Kier molecular flexibility index (Phi) is 5.29. The van der Waals surface area contributed by atoms with Crippen molar-refractivity contribution in [3.8, 4) is 17.1 Å². The number of carbonyl (C=O) groups is 1. The van der Waals surface area contributed by atoms with Crippen molar-refractivity contribution in [1.82, 2.24) is 20.2 Å². The van der Waals surface area contributed by atoms with Crippen molar-refractivity contribution in [2.45, 2.75) is 45.6 Å². The number of rotatable bonds is 7. The zero-order valence-corrected chi connectivity index (χ0v) is 16.9. The summed E-state index contributed by atoms with van der Waals surface area (Å²) in [5.41, 5.74) is 4.01. The first-order valence-corrected chi connectivity index (χ1v) is 9.93. The van der Waals surface area contributed by atoms with Crippen molar-refractivity contribution >= 4 is 11.6 Å². The Bertz CT molecular complexity index is 1020. The molecule has 1 fully saturated rings. The van der Waals surface area contributed by atoms with Crippen LogP contribution in [0.5, 0.6) is 5.75 Å². The molecule has 1 aromatic heterocycles. The summed E-state index contributed by atoms with van der Waals surface area (Å²) in [6.45, 7) is 6.33. The second kappa shape index (κ2) is 8.03. The maximum atomic E-state index is 12.3. The molecule has 1 N–H and O–H groups in total. The number of carbonyl (C=O) groups excluding carboxylic acids is 1. The van der Waals surface area contributed by atoms with Gasteiger partial charge in [-0.15, -0.1) is 5.10 Å². The SMILES string of the molecule is Cc1cc(OCC(=O)Nc2cccc(-c3nnnn3C3CC3)c2)ccc1C(C)C. The molecule has 0 spiro atoms. The molecule has 2 aromatic carbocycles. The van der Waals surface area contributed by atoms with Crippen LogP contribution < -0.4 is 10.1 Å². The Labute approximate surface area is 170 Å². The molecule has 1 aliphatic rings. The summed E-state index contributed by atoms with van der Waals surface area (Å²) in [4.78, 5) is 12.3. The third-order valence-electron chi connectivity index (χ3n) is 5.02. The minimum Gasteiger partial charge on any atom is -0.484 e. The van der Waals surface area contributed by atoms with Crippen molar-refractivity contribution in [2.24, 2.45) is 0 Å². The van der Waals surface area contributed by atoms with Gasteiger partial charge in [0.25, 0.3) is 5.91 Å². The number of nitrogens with zero attached hydrogens (tertiary/aromatic N) is 4. The van der Waals surface area contributed by atoms with Gasteiger partial charge in [-0.3, -0.25) is 4.79 Å². The summed E-state index contributed by atoms with van der Waals surface area (Å²) < 4.78 is 7.52. The Morgan fingerprint density at radius 2 is 2.07 bits per heavy atom. The second-order valence-corrected chi connectivity index (χ2v) is 7.77. The highest BCUT2D eigenvalue weighted by Gasteiger charge is 2.28. The molecule has 7 nitrogen and oxygen atoms in total. The molecule has 1 saturated carbocycles. The van der Waals surface area contributed by atoms with E-state index >= 15 is 0 Å². The quantitative estimate of drug-likeness (QED) is 0.655. The topological polar surface area (TPSA) is 81.9 Å². The molecule has 0 aliphatic heterocycles. The molecule has 0 saturated heterocycles. The highest BCUT2D eigenvalue weighted by Crippen LogP contribution is 2.36. The van der Waals surface area contributed by atoms with Gasteiger partial charge >= 0.3 is 0 Å². The number of tetrazole rings is 1. The van der Waals surface area contributed by atoms with Crippen LogP contribution in [0, 0.1) is 6.92 Å². The first-order valence-electron chi connectivity index (χ1n) is 9.93. The molecule has 0 bridgehead atoms. The van der Waals surface area contributed by atoms with Crippen LogP contribution in [0.4, 0.5) is 5.69 Å². The van der Waals surface area contributed by atoms with Crippen LogP contribution in [0.25, 0.3) is 11.4 Å². The molecule has 29 heavy (non-hydrogen) atoms. The Balaban J connectivity index is 1.39. The lowest BCUT2D eigenvalue weighted by molar-refractivity contribution is -0.118. The number of aromatic nitrogens is 4. The van der Waals surface area contributed by atoms with Gasteiger partial charge in [0, 0.05) is 11.3 Å². The largest absolute Gasteiger partial charge is 0.484 e. The molecule has 0 atom stereocenters.